The molecule has 0 aromatic heterocycles. The molecule has 5 heteroatoms. The van der Waals surface area contributed by atoms with E-state index in [1.807, 2.05) is 18.2 Å². The van der Waals surface area contributed by atoms with Crippen molar-refractivity contribution in [3.63, 3.8) is 0 Å². The summed E-state index contributed by atoms with van der Waals surface area (Å²) in [4.78, 5) is 26.7. The van der Waals surface area contributed by atoms with E-state index in [1.165, 1.54) is 12.6 Å². The van der Waals surface area contributed by atoms with Crippen molar-refractivity contribution in [2.75, 3.05) is 31.1 Å². The normalized spacial score (nSPS) is 14.8. The predicted molar refractivity (Wildman–Crippen MR) is 77.8 cm³/mol. The van der Waals surface area contributed by atoms with E-state index in [-0.39, 0.29) is 30.5 Å². The van der Waals surface area contributed by atoms with Gasteiger partial charge in [-0.25, -0.2) is 0 Å². The molecule has 1 aromatic rings. The smallest absolute Gasteiger partial charge is 0.230 e. The first kappa shape index (κ1) is 15.5. The van der Waals surface area contributed by atoms with Crippen molar-refractivity contribution in [3.05, 3.63) is 30.3 Å². The predicted octanol–water partition coefficient (Wildman–Crippen LogP) is 1.74. The molecule has 104 valence electrons. The number of carbonyl (C=O) groups excluding carboxylic acids is 2. The molecule has 0 spiro atoms. The van der Waals surface area contributed by atoms with E-state index in [1.54, 1.807) is 4.90 Å². The van der Waals surface area contributed by atoms with Crippen LogP contribution < -0.4 is 4.90 Å². The van der Waals surface area contributed by atoms with Gasteiger partial charge in [-0.1, -0.05) is 18.2 Å². The Morgan fingerprint density at radius 3 is 2.16 bits per heavy atom. The van der Waals surface area contributed by atoms with Gasteiger partial charge in [0.05, 0.1) is 6.42 Å². The van der Waals surface area contributed by atoms with Crippen LogP contribution >= 0.6 is 12.4 Å². The number of nitrogens with zero attached hydrogens (tertiary/aromatic N) is 2. The minimum Gasteiger partial charge on any atom is -0.368 e. The van der Waals surface area contributed by atoms with Crippen LogP contribution in [0.25, 0.3) is 0 Å². The number of anilines is 1. The van der Waals surface area contributed by atoms with Crippen LogP contribution in [0.1, 0.15) is 13.3 Å². The third-order valence-corrected chi connectivity index (χ3v) is 3.15. The number of halogens is 1. The van der Waals surface area contributed by atoms with Gasteiger partial charge in [-0.05, 0) is 19.1 Å². The van der Waals surface area contributed by atoms with Crippen molar-refractivity contribution in [2.24, 2.45) is 0 Å². The highest BCUT2D eigenvalue weighted by molar-refractivity contribution is 5.96. The average molecular weight is 283 g/mol. The molecular formula is C14H19ClN2O2. The second-order valence-electron chi connectivity index (χ2n) is 4.58. The summed E-state index contributed by atoms with van der Waals surface area (Å²) in [5.41, 5.74) is 1.19. The van der Waals surface area contributed by atoms with E-state index < -0.39 is 0 Å². The first-order valence-corrected chi connectivity index (χ1v) is 6.24. The molecule has 19 heavy (non-hydrogen) atoms. The first-order valence-electron chi connectivity index (χ1n) is 6.24. The number of benzene rings is 1. The highest BCUT2D eigenvalue weighted by atomic mass is 35.5. The fourth-order valence-electron chi connectivity index (χ4n) is 2.18. The Morgan fingerprint density at radius 1 is 1.05 bits per heavy atom. The summed E-state index contributed by atoms with van der Waals surface area (Å²) in [5.74, 6) is -0.110. The Bertz CT molecular complexity index is 428. The largest absolute Gasteiger partial charge is 0.368 e. The molecule has 1 aliphatic heterocycles. The minimum atomic E-state index is -0.0644. The van der Waals surface area contributed by atoms with E-state index in [0.29, 0.717) is 13.1 Å². The fourth-order valence-corrected chi connectivity index (χ4v) is 2.18. The summed E-state index contributed by atoms with van der Waals surface area (Å²) in [6, 6.07) is 10.2. The molecule has 1 heterocycles. The lowest BCUT2D eigenvalue weighted by Gasteiger charge is -2.36. The van der Waals surface area contributed by atoms with Gasteiger partial charge in [-0.3, -0.25) is 9.59 Å². The van der Waals surface area contributed by atoms with E-state index >= 15 is 0 Å². The Morgan fingerprint density at radius 2 is 1.63 bits per heavy atom. The van der Waals surface area contributed by atoms with Crippen LogP contribution in [-0.4, -0.2) is 42.8 Å². The van der Waals surface area contributed by atoms with Crippen LogP contribution in [0.3, 0.4) is 0 Å². The molecule has 0 N–H and O–H groups in total. The highest BCUT2D eigenvalue weighted by Gasteiger charge is 2.21. The third kappa shape index (κ3) is 4.24. The summed E-state index contributed by atoms with van der Waals surface area (Å²) < 4.78 is 0. The van der Waals surface area contributed by atoms with E-state index in [0.717, 1.165) is 13.1 Å². The maximum Gasteiger partial charge on any atom is 0.230 e. The molecular weight excluding hydrogens is 264 g/mol. The van der Waals surface area contributed by atoms with Gasteiger partial charge in [0, 0.05) is 31.9 Å². The van der Waals surface area contributed by atoms with Crippen LogP contribution in [0.15, 0.2) is 30.3 Å². The lowest BCUT2D eigenvalue weighted by atomic mass is 10.2. The number of Topliss-reactive ketones (excluding diaryl/α,β-unsaturated/α-hetero) is 1. The van der Waals surface area contributed by atoms with E-state index in [2.05, 4.69) is 17.0 Å². The molecule has 0 saturated carbocycles. The second-order valence-corrected chi connectivity index (χ2v) is 4.58. The van der Waals surface area contributed by atoms with Gasteiger partial charge in [0.25, 0.3) is 0 Å². The Hall–Kier alpha value is -1.55. The standard InChI is InChI=1S/C14H18N2O2.ClH/c1-12(17)11-14(18)16-9-7-15(8-10-16)13-5-3-2-4-6-13;/h2-6H,7-11H2,1H3;1H. The van der Waals surface area contributed by atoms with Crippen molar-refractivity contribution in [2.45, 2.75) is 13.3 Å². The van der Waals surface area contributed by atoms with E-state index in [9.17, 15) is 9.59 Å². The number of amides is 1. The summed E-state index contributed by atoms with van der Waals surface area (Å²) in [6.45, 7) is 4.50. The SMILES string of the molecule is CC(=O)CC(=O)N1CCN(c2ccccc2)CC1.Cl. The fraction of sp³-hybridized carbons (Fsp3) is 0.429. The minimum absolute atomic E-state index is 0. The Kier molecular flexibility index (Phi) is 5.83. The zero-order chi connectivity index (χ0) is 13.0. The number of rotatable bonds is 3. The molecule has 1 amide bonds. The zero-order valence-corrected chi connectivity index (χ0v) is 11.9. The molecule has 0 bridgehead atoms. The Balaban J connectivity index is 0.00000180. The molecule has 1 saturated heterocycles. The maximum absolute atomic E-state index is 11.7. The number of hydrogen-bond acceptors (Lipinski definition) is 3. The molecule has 1 aromatic carbocycles. The summed E-state index contributed by atoms with van der Waals surface area (Å²) >= 11 is 0. The van der Waals surface area contributed by atoms with Gasteiger partial charge in [-0.2, -0.15) is 0 Å². The molecule has 0 aliphatic carbocycles. The van der Waals surface area contributed by atoms with Crippen LogP contribution in [-0.2, 0) is 9.59 Å². The Labute approximate surface area is 119 Å². The zero-order valence-electron chi connectivity index (χ0n) is 11.0. The lowest BCUT2D eigenvalue weighted by Crippen LogP contribution is -2.49. The summed E-state index contributed by atoms with van der Waals surface area (Å²) in [5, 5.41) is 0. The lowest BCUT2D eigenvalue weighted by molar-refractivity contribution is -0.135. The number of para-hydroxylation sites is 1. The summed E-state index contributed by atoms with van der Waals surface area (Å²) in [6.07, 6.45) is 0.0331. The molecule has 1 aliphatic rings. The molecule has 0 radical (unpaired) electrons. The van der Waals surface area contributed by atoms with Gasteiger partial charge < -0.3 is 9.80 Å². The highest BCUT2D eigenvalue weighted by Crippen LogP contribution is 2.15. The maximum atomic E-state index is 11.7. The topological polar surface area (TPSA) is 40.6 Å². The van der Waals surface area contributed by atoms with Crippen molar-refractivity contribution >= 4 is 29.8 Å². The van der Waals surface area contributed by atoms with Gasteiger partial charge in [0.1, 0.15) is 5.78 Å². The molecule has 1 fully saturated rings. The first-order chi connectivity index (χ1) is 8.66. The molecule has 4 nitrogen and oxygen atoms in total. The number of ketones is 1. The van der Waals surface area contributed by atoms with Crippen LogP contribution in [0.4, 0.5) is 5.69 Å². The van der Waals surface area contributed by atoms with Crippen molar-refractivity contribution in [3.8, 4) is 0 Å². The van der Waals surface area contributed by atoms with E-state index in [4.69, 9.17) is 0 Å². The van der Waals surface area contributed by atoms with Crippen molar-refractivity contribution in [1.82, 2.24) is 4.90 Å². The average Bonchev–Trinajstić information content (AvgIpc) is 2.39. The summed E-state index contributed by atoms with van der Waals surface area (Å²) in [7, 11) is 0. The number of carbonyl (C=O) groups is 2. The quantitative estimate of drug-likeness (QED) is 0.793. The molecule has 0 atom stereocenters. The number of piperazine rings is 1. The van der Waals surface area contributed by atoms with Gasteiger partial charge in [0.15, 0.2) is 0 Å². The monoisotopic (exact) mass is 282 g/mol. The van der Waals surface area contributed by atoms with Crippen molar-refractivity contribution in [1.29, 1.82) is 0 Å². The van der Waals surface area contributed by atoms with Gasteiger partial charge >= 0.3 is 0 Å². The van der Waals surface area contributed by atoms with Crippen molar-refractivity contribution < 1.29 is 9.59 Å². The number of hydrogen-bond donors (Lipinski definition) is 0. The van der Waals surface area contributed by atoms with Crippen LogP contribution in [0.2, 0.25) is 0 Å². The van der Waals surface area contributed by atoms with Crippen LogP contribution in [0.5, 0.6) is 0 Å². The molecule has 2 rings (SSSR count). The molecule has 0 unspecified atom stereocenters. The second kappa shape index (κ2) is 7.14. The van der Waals surface area contributed by atoms with Gasteiger partial charge in [-0.15, -0.1) is 12.4 Å². The van der Waals surface area contributed by atoms with Crippen LogP contribution in [0, 0.1) is 0 Å². The van der Waals surface area contributed by atoms with Gasteiger partial charge in [0.2, 0.25) is 5.91 Å². The third-order valence-electron chi connectivity index (χ3n) is 3.15.